The van der Waals surface area contributed by atoms with Crippen LogP contribution in [0.4, 0.5) is 4.39 Å². The number of carbonyl (C=O) groups is 1. The van der Waals surface area contributed by atoms with Gasteiger partial charge in [-0.05, 0) is 24.3 Å². The predicted octanol–water partition coefficient (Wildman–Crippen LogP) is 2.35. The van der Waals surface area contributed by atoms with Crippen molar-refractivity contribution >= 4 is 11.9 Å². The molecule has 2 aromatic heterocycles. The lowest BCUT2D eigenvalue weighted by atomic mass is 10.2. The summed E-state index contributed by atoms with van der Waals surface area (Å²) in [7, 11) is 0. The summed E-state index contributed by atoms with van der Waals surface area (Å²) in [5.74, 6) is 0.0470. The molecule has 5 heteroatoms. The molecule has 0 aliphatic rings. The Morgan fingerprint density at radius 2 is 2.11 bits per heavy atom. The number of halogens is 1. The van der Waals surface area contributed by atoms with E-state index in [1.54, 1.807) is 30.5 Å². The van der Waals surface area contributed by atoms with Crippen LogP contribution in [-0.4, -0.2) is 20.9 Å². The number of carbonyl (C=O) groups excluding carboxylic acids is 1. The smallest absolute Gasteiger partial charge is 0.182 e. The molecule has 18 heavy (non-hydrogen) atoms. The van der Waals surface area contributed by atoms with Gasteiger partial charge >= 0.3 is 0 Å². The summed E-state index contributed by atoms with van der Waals surface area (Å²) in [5.41, 5.74) is 1.50. The number of nitrogens with zero attached hydrogens (tertiary/aromatic N) is 3. The van der Waals surface area contributed by atoms with Gasteiger partial charge in [0.15, 0.2) is 17.8 Å². The highest BCUT2D eigenvalue weighted by Crippen LogP contribution is 2.18. The van der Waals surface area contributed by atoms with Gasteiger partial charge in [-0.1, -0.05) is 12.1 Å². The first-order chi connectivity index (χ1) is 8.78. The summed E-state index contributed by atoms with van der Waals surface area (Å²) in [4.78, 5) is 15.1. The SMILES string of the molecule is O=Cc1cccn2nc(-c3cccc(F)c3)nc12. The number of aromatic nitrogens is 3. The van der Waals surface area contributed by atoms with Gasteiger partial charge in [0.1, 0.15) is 5.82 Å². The Morgan fingerprint density at radius 3 is 2.89 bits per heavy atom. The minimum absolute atomic E-state index is 0.345. The Kier molecular flexibility index (Phi) is 2.37. The lowest BCUT2D eigenvalue weighted by molar-refractivity contribution is 0.112. The number of hydrogen-bond donors (Lipinski definition) is 0. The highest BCUT2D eigenvalue weighted by Gasteiger charge is 2.09. The Bertz CT molecular complexity index is 736. The average Bonchev–Trinajstić information content (AvgIpc) is 2.82. The van der Waals surface area contributed by atoms with Crippen molar-refractivity contribution < 1.29 is 9.18 Å². The second kappa shape index (κ2) is 4.03. The largest absolute Gasteiger partial charge is 0.298 e. The van der Waals surface area contributed by atoms with E-state index in [9.17, 15) is 9.18 Å². The molecule has 4 nitrogen and oxygen atoms in total. The number of hydrogen-bond acceptors (Lipinski definition) is 3. The van der Waals surface area contributed by atoms with Gasteiger partial charge in [-0.25, -0.2) is 13.9 Å². The first kappa shape index (κ1) is 10.6. The number of benzene rings is 1. The molecule has 0 aliphatic heterocycles. The highest BCUT2D eigenvalue weighted by molar-refractivity contribution is 5.84. The number of fused-ring (bicyclic) bond motifs is 1. The van der Waals surface area contributed by atoms with Crippen LogP contribution in [0.3, 0.4) is 0 Å². The third kappa shape index (κ3) is 1.66. The van der Waals surface area contributed by atoms with Crippen molar-refractivity contribution in [3.63, 3.8) is 0 Å². The van der Waals surface area contributed by atoms with E-state index >= 15 is 0 Å². The number of rotatable bonds is 2. The van der Waals surface area contributed by atoms with Crippen LogP contribution in [-0.2, 0) is 0 Å². The molecule has 0 unspecified atom stereocenters. The van der Waals surface area contributed by atoms with E-state index in [2.05, 4.69) is 10.1 Å². The molecule has 88 valence electrons. The fourth-order valence-electron chi connectivity index (χ4n) is 1.77. The quantitative estimate of drug-likeness (QED) is 0.647. The fourth-order valence-corrected chi connectivity index (χ4v) is 1.77. The molecule has 3 aromatic rings. The zero-order valence-corrected chi connectivity index (χ0v) is 9.25. The van der Waals surface area contributed by atoms with Crippen molar-refractivity contribution in [3.05, 3.63) is 54.0 Å². The minimum Gasteiger partial charge on any atom is -0.298 e. The molecular formula is C13H8FN3O. The summed E-state index contributed by atoms with van der Waals surface area (Å²) < 4.78 is 14.6. The summed E-state index contributed by atoms with van der Waals surface area (Å²) in [6.45, 7) is 0. The minimum atomic E-state index is -0.345. The second-order valence-electron chi connectivity index (χ2n) is 3.80. The zero-order chi connectivity index (χ0) is 12.5. The second-order valence-corrected chi connectivity index (χ2v) is 3.80. The molecule has 0 aliphatic carbocycles. The lowest BCUT2D eigenvalue weighted by Crippen LogP contribution is -1.90. The van der Waals surface area contributed by atoms with Gasteiger partial charge in [0.25, 0.3) is 0 Å². The Hall–Kier alpha value is -2.56. The van der Waals surface area contributed by atoms with Crippen LogP contribution in [0.15, 0.2) is 42.6 Å². The maximum absolute atomic E-state index is 13.1. The molecule has 0 radical (unpaired) electrons. The van der Waals surface area contributed by atoms with E-state index in [-0.39, 0.29) is 5.82 Å². The predicted molar refractivity (Wildman–Crippen MR) is 63.8 cm³/mol. The first-order valence-electron chi connectivity index (χ1n) is 5.34. The normalized spacial score (nSPS) is 10.7. The topological polar surface area (TPSA) is 47.3 Å². The standard InChI is InChI=1S/C13H8FN3O/c14-11-5-1-3-9(7-11)12-15-13-10(8-18)4-2-6-17(13)16-12/h1-8H. The maximum atomic E-state index is 13.1. The summed E-state index contributed by atoms with van der Waals surface area (Å²) >= 11 is 0. The molecule has 0 N–H and O–H groups in total. The molecule has 0 saturated heterocycles. The van der Waals surface area contributed by atoms with Crippen LogP contribution in [0.5, 0.6) is 0 Å². The molecule has 0 atom stereocenters. The van der Waals surface area contributed by atoms with E-state index < -0.39 is 0 Å². The van der Waals surface area contributed by atoms with E-state index in [0.29, 0.717) is 22.6 Å². The molecule has 0 amide bonds. The highest BCUT2D eigenvalue weighted by atomic mass is 19.1. The first-order valence-corrected chi connectivity index (χ1v) is 5.34. The van der Waals surface area contributed by atoms with Crippen LogP contribution in [0.1, 0.15) is 10.4 Å². The number of pyridine rings is 1. The van der Waals surface area contributed by atoms with E-state index in [1.165, 1.54) is 16.6 Å². The summed E-state index contributed by atoms with van der Waals surface area (Å²) in [6, 6.07) is 9.40. The molecule has 1 aromatic carbocycles. The Balaban J connectivity index is 2.22. The van der Waals surface area contributed by atoms with Gasteiger partial charge in [-0.3, -0.25) is 4.79 Å². The molecular weight excluding hydrogens is 233 g/mol. The number of aldehydes is 1. The van der Waals surface area contributed by atoms with Gasteiger partial charge in [-0.15, -0.1) is 5.10 Å². The van der Waals surface area contributed by atoms with Crippen molar-refractivity contribution in [3.8, 4) is 11.4 Å². The van der Waals surface area contributed by atoms with Crippen molar-refractivity contribution in [1.29, 1.82) is 0 Å². The molecule has 0 saturated carbocycles. The molecule has 0 spiro atoms. The van der Waals surface area contributed by atoms with Crippen molar-refractivity contribution in [1.82, 2.24) is 14.6 Å². The molecule has 0 bridgehead atoms. The summed E-state index contributed by atoms with van der Waals surface area (Å²) in [5, 5.41) is 4.21. The average molecular weight is 241 g/mol. The van der Waals surface area contributed by atoms with Crippen molar-refractivity contribution in [2.75, 3.05) is 0 Å². The summed E-state index contributed by atoms with van der Waals surface area (Å²) in [6.07, 6.45) is 2.41. The van der Waals surface area contributed by atoms with Crippen LogP contribution < -0.4 is 0 Å². The van der Waals surface area contributed by atoms with Crippen LogP contribution in [0, 0.1) is 5.82 Å². The molecule has 0 fully saturated rings. The van der Waals surface area contributed by atoms with Gasteiger partial charge in [0.2, 0.25) is 0 Å². The Morgan fingerprint density at radius 1 is 1.22 bits per heavy atom. The van der Waals surface area contributed by atoms with E-state index in [4.69, 9.17) is 0 Å². The van der Waals surface area contributed by atoms with Crippen molar-refractivity contribution in [2.45, 2.75) is 0 Å². The third-order valence-corrected chi connectivity index (χ3v) is 2.60. The van der Waals surface area contributed by atoms with Gasteiger partial charge in [0.05, 0.1) is 5.56 Å². The maximum Gasteiger partial charge on any atom is 0.182 e. The van der Waals surface area contributed by atoms with Crippen LogP contribution in [0.2, 0.25) is 0 Å². The van der Waals surface area contributed by atoms with E-state index in [0.717, 1.165) is 6.29 Å². The van der Waals surface area contributed by atoms with Gasteiger partial charge < -0.3 is 0 Å². The zero-order valence-electron chi connectivity index (χ0n) is 9.25. The van der Waals surface area contributed by atoms with E-state index in [1.807, 2.05) is 0 Å². The monoisotopic (exact) mass is 241 g/mol. The molecule has 3 rings (SSSR count). The lowest BCUT2D eigenvalue weighted by Gasteiger charge is -1.93. The van der Waals surface area contributed by atoms with Crippen LogP contribution >= 0.6 is 0 Å². The third-order valence-electron chi connectivity index (χ3n) is 2.60. The fraction of sp³-hybridized carbons (Fsp3) is 0. The van der Waals surface area contributed by atoms with Crippen LogP contribution in [0.25, 0.3) is 17.0 Å². The molecule has 2 heterocycles. The Labute approximate surface area is 102 Å². The van der Waals surface area contributed by atoms with Crippen molar-refractivity contribution in [2.24, 2.45) is 0 Å². The van der Waals surface area contributed by atoms with Gasteiger partial charge in [0, 0.05) is 11.8 Å². The van der Waals surface area contributed by atoms with Gasteiger partial charge in [-0.2, -0.15) is 0 Å².